The highest BCUT2D eigenvalue weighted by atomic mass is 35.5. The first-order valence-electron chi connectivity index (χ1n) is 8.04. The van der Waals surface area contributed by atoms with Gasteiger partial charge in [0.25, 0.3) is 0 Å². The van der Waals surface area contributed by atoms with E-state index in [1.54, 1.807) is 4.90 Å². The molecule has 0 spiro atoms. The molecule has 2 rings (SSSR count). The molecule has 5 heteroatoms. The number of nitrogens with one attached hydrogen (secondary N) is 2. The van der Waals surface area contributed by atoms with Gasteiger partial charge in [0, 0.05) is 36.6 Å². The minimum Gasteiger partial charge on any atom is -0.349 e. The standard InChI is InChI=1S/C17H26ClN3S/c1-12(2)20(4)15-7-9-21(10-8-15)17(22)19-14-6-5-13(3)16(18)11-14/h5-6,11-12,15H,7-10H2,1-4H3,(H,19,22)/p+1. The molecule has 1 saturated heterocycles. The second-order valence-electron chi connectivity index (χ2n) is 6.55. The molecule has 0 radical (unpaired) electrons. The second kappa shape index (κ2) is 7.62. The van der Waals surface area contributed by atoms with Crippen molar-refractivity contribution in [2.75, 3.05) is 25.5 Å². The van der Waals surface area contributed by atoms with Crippen molar-refractivity contribution in [2.45, 2.75) is 45.7 Å². The third-order valence-electron chi connectivity index (χ3n) is 4.76. The number of thiocarbonyl (C=S) groups is 1. The van der Waals surface area contributed by atoms with Gasteiger partial charge in [-0.3, -0.25) is 0 Å². The molecule has 2 N–H and O–H groups in total. The molecule has 3 nitrogen and oxygen atoms in total. The summed E-state index contributed by atoms with van der Waals surface area (Å²) in [7, 11) is 2.30. The number of benzene rings is 1. The molecule has 0 bridgehead atoms. The molecule has 122 valence electrons. The summed E-state index contributed by atoms with van der Waals surface area (Å²) < 4.78 is 0. The van der Waals surface area contributed by atoms with Crippen molar-refractivity contribution in [1.82, 2.24) is 4.90 Å². The number of nitrogens with zero attached hydrogens (tertiary/aromatic N) is 1. The molecule has 0 amide bonds. The van der Waals surface area contributed by atoms with E-state index in [1.807, 2.05) is 25.1 Å². The monoisotopic (exact) mass is 340 g/mol. The van der Waals surface area contributed by atoms with Gasteiger partial charge >= 0.3 is 0 Å². The molecule has 1 aromatic rings. The Labute approximate surface area is 144 Å². The van der Waals surface area contributed by atoms with Crippen molar-refractivity contribution in [3.05, 3.63) is 28.8 Å². The van der Waals surface area contributed by atoms with E-state index in [0.717, 1.165) is 40.5 Å². The third-order valence-corrected chi connectivity index (χ3v) is 5.53. The highest BCUT2D eigenvalue weighted by molar-refractivity contribution is 7.80. The third kappa shape index (κ3) is 4.34. The zero-order chi connectivity index (χ0) is 16.3. The van der Waals surface area contributed by atoms with E-state index >= 15 is 0 Å². The van der Waals surface area contributed by atoms with Gasteiger partial charge in [0.2, 0.25) is 0 Å². The van der Waals surface area contributed by atoms with E-state index in [1.165, 1.54) is 12.8 Å². The van der Waals surface area contributed by atoms with Crippen LogP contribution in [0.1, 0.15) is 32.3 Å². The van der Waals surface area contributed by atoms with Crippen LogP contribution in [-0.4, -0.2) is 42.2 Å². The number of quaternary nitrogens is 1. The molecule has 22 heavy (non-hydrogen) atoms. The van der Waals surface area contributed by atoms with Gasteiger partial charge in [0.05, 0.1) is 19.1 Å². The molecule has 1 aromatic carbocycles. The summed E-state index contributed by atoms with van der Waals surface area (Å²) in [5.41, 5.74) is 2.05. The summed E-state index contributed by atoms with van der Waals surface area (Å²) >= 11 is 11.7. The number of hydrogen-bond acceptors (Lipinski definition) is 1. The predicted molar refractivity (Wildman–Crippen MR) is 99.0 cm³/mol. The molecular weight excluding hydrogens is 314 g/mol. The number of halogens is 1. The molecule has 1 heterocycles. The van der Waals surface area contributed by atoms with E-state index < -0.39 is 0 Å². The summed E-state index contributed by atoms with van der Waals surface area (Å²) in [5.74, 6) is 0. The first kappa shape index (κ1) is 17.5. The lowest BCUT2D eigenvalue weighted by molar-refractivity contribution is -0.928. The molecule has 1 fully saturated rings. The van der Waals surface area contributed by atoms with E-state index in [-0.39, 0.29) is 0 Å². The normalized spacial score (nSPS) is 17.6. The highest BCUT2D eigenvalue weighted by Gasteiger charge is 2.27. The van der Waals surface area contributed by atoms with Crippen LogP contribution in [0.4, 0.5) is 5.69 Å². The lowest BCUT2D eigenvalue weighted by Gasteiger charge is -2.37. The minimum absolute atomic E-state index is 0.677. The molecule has 1 aliphatic rings. The number of aryl methyl sites for hydroxylation is 1. The largest absolute Gasteiger partial charge is 0.349 e. The molecule has 0 saturated carbocycles. The van der Waals surface area contributed by atoms with Crippen LogP contribution >= 0.6 is 23.8 Å². The molecule has 1 aliphatic heterocycles. The Balaban J connectivity index is 1.88. The Hall–Kier alpha value is -0.840. The van der Waals surface area contributed by atoms with E-state index in [0.29, 0.717) is 6.04 Å². The van der Waals surface area contributed by atoms with Crippen LogP contribution in [0.25, 0.3) is 0 Å². The Morgan fingerprint density at radius 1 is 1.36 bits per heavy atom. The van der Waals surface area contributed by atoms with Crippen molar-refractivity contribution in [2.24, 2.45) is 0 Å². The maximum Gasteiger partial charge on any atom is 0.173 e. The Morgan fingerprint density at radius 2 is 2.00 bits per heavy atom. The first-order valence-corrected chi connectivity index (χ1v) is 8.82. The fraction of sp³-hybridized carbons (Fsp3) is 0.588. The Bertz CT molecular complexity index is 525. The quantitative estimate of drug-likeness (QED) is 0.825. The average molecular weight is 341 g/mol. The zero-order valence-corrected chi connectivity index (χ0v) is 15.5. The van der Waals surface area contributed by atoms with Gasteiger partial charge < -0.3 is 15.1 Å². The molecule has 0 aromatic heterocycles. The smallest absolute Gasteiger partial charge is 0.173 e. The Morgan fingerprint density at radius 3 is 2.55 bits per heavy atom. The zero-order valence-electron chi connectivity index (χ0n) is 13.9. The van der Waals surface area contributed by atoms with Crippen molar-refractivity contribution in [3.8, 4) is 0 Å². The highest BCUT2D eigenvalue weighted by Crippen LogP contribution is 2.20. The lowest BCUT2D eigenvalue weighted by atomic mass is 10.0. The second-order valence-corrected chi connectivity index (χ2v) is 7.35. The van der Waals surface area contributed by atoms with E-state index in [9.17, 15) is 0 Å². The van der Waals surface area contributed by atoms with Crippen molar-refractivity contribution < 1.29 is 4.90 Å². The first-order chi connectivity index (χ1) is 10.4. The van der Waals surface area contributed by atoms with Crippen LogP contribution in [-0.2, 0) is 0 Å². The average Bonchev–Trinajstić information content (AvgIpc) is 2.50. The summed E-state index contributed by atoms with van der Waals surface area (Å²) in [5, 5.41) is 4.89. The SMILES string of the molecule is Cc1ccc(NC(=S)N2CCC([NH+](C)C(C)C)CC2)cc1Cl. The fourth-order valence-electron chi connectivity index (χ4n) is 2.88. The van der Waals surface area contributed by atoms with Gasteiger partial charge in [-0.25, -0.2) is 0 Å². The van der Waals surface area contributed by atoms with E-state index in [4.69, 9.17) is 23.8 Å². The maximum atomic E-state index is 6.17. The molecule has 1 unspecified atom stereocenters. The fourth-order valence-corrected chi connectivity index (χ4v) is 3.36. The van der Waals surface area contributed by atoms with Crippen molar-refractivity contribution in [1.29, 1.82) is 0 Å². The summed E-state index contributed by atoms with van der Waals surface area (Å²) in [6.07, 6.45) is 2.39. The van der Waals surface area contributed by atoms with Gasteiger partial charge in [-0.1, -0.05) is 17.7 Å². The Kier molecular flexibility index (Phi) is 6.07. The van der Waals surface area contributed by atoms with Gasteiger partial charge in [-0.2, -0.15) is 0 Å². The van der Waals surface area contributed by atoms with Crippen LogP contribution in [0.3, 0.4) is 0 Å². The summed E-state index contributed by atoms with van der Waals surface area (Å²) in [6.45, 7) is 8.63. The molecular formula is C17H27ClN3S+. The predicted octanol–water partition coefficient (Wildman–Crippen LogP) is 2.73. The number of piperidine rings is 1. The topological polar surface area (TPSA) is 19.7 Å². The number of rotatable bonds is 3. The summed E-state index contributed by atoms with van der Waals surface area (Å²) in [4.78, 5) is 3.90. The van der Waals surface area contributed by atoms with Crippen LogP contribution < -0.4 is 10.2 Å². The van der Waals surface area contributed by atoms with Crippen molar-refractivity contribution >= 4 is 34.6 Å². The van der Waals surface area contributed by atoms with E-state index in [2.05, 4.69) is 31.1 Å². The van der Waals surface area contributed by atoms with Crippen LogP contribution in [0.5, 0.6) is 0 Å². The van der Waals surface area contributed by atoms with Crippen LogP contribution in [0.15, 0.2) is 18.2 Å². The molecule has 1 atom stereocenters. The van der Waals surface area contributed by atoms with Gasteiger partial charge in [-0.05, 0) is 50.7 Å². The van der Waals surface area contributed by atoms with Gasteiger partial charge in [0.1, 0.15) is 0 Å². The number of hydrogen-bond donors (Lipinski definition) is 2. The van der Waals surface area contributed by atoms with Gasteiger partial charge in [0.15, 0.2) is 5.11 Å². The minimum atomic E-state index is 0.677. The van der Waals surface area contributed by atoms with Gasteiger partial charge in [-0.15, -0.1) is 0 Å². The number of likely N-dealkylation sites (tertiary alicyclic amines) is 1. The molecule has 0 aliphatic carbocycles. The van der Waals surface area contributed by atoms with Crippen LogP contribution in [0, 0.1) is 6.92 Å². The number of anilines is 1. The van der Waals surface area contributed by atoms with Crippen LogP contribution in [0.2, 0.25) is 5.02 Å². The maximum absolute atomic E-state index is 6.17. The summed E-state index contributed by atoms with van der Waals surface area (Å²) in [6, 6.07) is 7.40. The lowest BCUT2D eigenvalue weighted by Crippen LogP contribution is -3.16. The van der Waals surface area contributed by atoms with Crippen molar-refractivity contribution in [3.63, 3.8) is 0 Å².